The molecule has 1 saturated heterocycles. The van der Waals surface area contributed by atoms with E-state index in [9.17, 15) is 14.4 Å². The van der Waals surface area contributed by atoms with E-state index in [1.54, 1.807) is 46.1 Å². The molecule has 4 aliphatic carbocycles. The Hall–Kier alpha value is -5.70. The summed E-state index contributed by atoms with van der Waals surface area (Å²) < 4.78 is 65.3. The van der Waals surface area contributed by atoms with Crippen LogP contribution in [0.15, 0.2) is 42.3 Å². The van der Waals surface area contributed by atoms with Crippen molar-refractivity contribution in [2.24, 2.45) is 23.2 Å². The number of alkyl carbamates (subject to hydrolysis) is 1. The van der Waals surface area contributed by atoms with Gasteiger partial charge >= 0.3 is 26.0 Å². The van der Waals surface area contributed by atoms with Gasteiger partial charge in [0.15, 0.2) is 5.13 Å². The van der Waals surface area contributed by atoms with Gasteiger partial charge in [0.25, 0.3) is 0 Å². The Morgan fingerprint density at radius 1 is 0.904 bits per heavy atom. The number of carbonyl (C=O) groups is 5. The number of benzene rings is 1. The largest absolute Gasteiger partial charge is 0.510 e. The minimum atomic E-state index is -4.71. The number of likely N-dealkylation sites (tertiary alicyclic amines) is 1. The summed E-state index contributed by atoms with van der Waals surface area (Å²) in [4.78, 5) is 79.7. The maximum absolute atomic E-state index is 15.2. The normalized spacial score (nSPS) is 22.3. The first-order valence-electron chi connectivity index (χ1n) is 24.9. The summed E-state index contributed by atoms with van der Waals surface area (Å²) in [5.74, 6) is -0.691. The van der Waals surface area contributed by atoms with Crippen molar-refractivity contribution in [3.05, 3.63) is 42.3 Å². The smallest absolute Gasteiger partial charge is 0.497 e. The molecule has 0 bridgehead atoms. The predicted molar refractivity (Wildman–Crippen MR) is 267 cm³/mol. The van der Waals surface area contributed by atoms with Crippen LogP contribution in [0.5, 0.6) is 11.5 Å². The van der Waals surface area contributed by atoms with E-state index < -0.39 is 86.2 Å². The lowest BCUT2D eigenvalue weighted by Crippen LogP contribution is -2.58. The highest BCUT2D eigenvalue weighted by atomic mass is 32.1. The quantitative estimate of drug-likeness (QED) is 0.0263. The van der Waals surface area contributed by atoms with Gasteiger partial charge in [0.05, 0.1) is 38.1 Å². The molecule has 0 radical (unpaired) electrons. The average Bonchev–Trinajstić information content (AvgIpc) is 4.31. The van der Waals surface area contributed by atoms with Crippen LogP contribution >= 0.6 is 18.9 Å². The van der Waals surface area contributed by atoms with E-state index >= 15 is 14.2 Å². The molecule has 5 fully saturated rings. The molecule has 8 rings (SSSR count). The van der Waals surface area contributed by atoms with Crippen molar-refractivity contribution in [1.29, 1.82) is 0 Å². The highest BCUT2D eigenvalue weighted by molar-refractivity contribution is 7.56. The zero-order valence-electron chi connectivity index (χ0n) is 42.2. The topological polar surface area (TPSA) is 251 Å². The molecule has 1 aromatic carbocycles. The van der Waals surface area contributed by atoms with Crippen LogP contribution in [0.1, 0.15) is 98.8 Å². The van der Waals surface area contributed by atoms with Crippen LogP contribution in [0.4, 0.5) is 19.5 Å². The van der Waals surface area contributed by atoms with Crippen molar-refractivity contribution in [1.82, 2.24) is 25.5 Å². The van der Waals surface area contributed by atoms with Crippen LogP contribution in [-0.4, -0.2) is 121 Å². The summed E-state index contributed by atoms with van der Waals surface area (Å²) >= 11 is 1.43. The summed E-state index contributed by atoms with van der Waals surface area (Å²) in [7, 11) is -3.16. The number of hydrogen-bond acceptors (Lipinski definition) is 19. The fourth-order valence-electron chi connectivity index (χ4n) is 8.87. The fourth-order valence-corrected chi connectivity index (χ4v) is 11.8. The third-order valence-corrected chi connectivity index (χ3v) is 16.7. The summed E-state index contributed by atoms with van der Waals surface area (Å²) in [5.41, 5.74) is 0.746. The molecule has 3 N–H and O–H groups in total. The van der Waals surface area contributed by atoms with Gasteiger partial charge in [0.1, 0.15) is 46.8 Å². The van der Waals surface area contributed by atoms with Crippen LogP contribution in [0.2, 0.25) is 0 Å². The Balaban J connectivity index is 1.09. The zero-order chi connectivity index (χ0) is 52.1. The van der Waals surface area contributed by atoms with Crippen molar-refractivity contribution in [3.8, 4) is 22.9 Å². The number of nitrogens with one attached hydrogen (secondary N) is 3. The number of carbonyl (C=O) groups excluding carboxylic acids is 5. The second kappa shape index (κ2) is 22.8. The van der Waals surface area contributed by atoms with E-state index in [1.807, 2.05) is 25.3 Å². The van der Waals surface area contributed by atoms with E-state index in [-0.39, 0.29) is 56.6 Å². The SMILES string of the molecule is C=C[C@@H]1C[C@]1(NC(=O)C1CC(Oc2cc(-c3csc(NC(C)C)n3)nc3cc(OC)ccc23)CN1C(=O)C(NC(=O)OC1CCCC1)C(C)(C)C)P(=O)(OCOC(=O)OCC1CC1)OCOC(=O)OCC1CC1. The molecular formula is C50H67N6O15PS. The first-order chi connectivity index (χ1) is 34.9. The van der Waals surface area contributed by atoms with E-state index in [0.717, 1.165) is 38.5 Å². The van der Waals surface area contributed by atoms with E-state index in [0.29, 0.717) is 51.8 Å². The van der Waals surface area contributed by atoms with Crippen LogP contribution in [-0.2, 0) is 46.9 Å². The number of methoxy groups -OCH3 is 1. The maximum atomic E-state index is 15.2. The first kappa shape index (κ1) is 53.6. The molecule has 3 unspecified atom stereocenters. The van der Waals surface area contributed by atoms with Crippen molar-refractivity contribution >= 4 is 65.2 Å². The second-order valence-corrected chi connectivity index (χ2v) is 23.9. The van der Waals surface area contributed by atoms with Crippen LogP contribution in [0.25, 0.3) is 22.3 Å². The third-order valence-electron chi connectivity index (χ3n) is 13.4. The molecule has 21 nitrogen and oxygen atoms in total. The minimum absolute atomic E-state index is 0.0300. The Morgan fingerprint density at radius 2 is 1.56 bits per heavy atom. The van der Waals surface area contributed by atoms with E-state index in [2.05, 4.69) is 22.5 Å². The number of thiazole rings is 1. The molecule has 4 saturated carbocycles. The van der Waals surface area contributed by atoms with E-state index in [4.69, 9.17) is 52.2 Å². The molecule has 5 aliphatic rings. The van der Waals surface area contributed by atoms with Crippen LogP contribution in [0, 0.1) is 23.2 Å². The lowest BCUT2D eigenvalue weighted by Gasteiger charge is -2.36. The average molecular weight is 1060 g/mol. The lowest BCUT2D eigenvalue weighted by molar-refractivity contribution is -0.142. The zero-order valence-corrected chi connectivity index (χ0v) is 43.9. The molecule has 398 valence electrons. The summed E-state index contributed by atoms with van der Waals surface area (Å²) in [6.07, 6.45) is 4.26. The number of fused-ring (bicyclic) bond motifs is 1. The number of anilines is 1. The Labute approximate surface area is 428 Å². The number of pyridine rings is 1. The van der Waals surface area contributed by atoms with Gasteiger partial charge in [-0.05, 0) is 101 Å². The highest BCUT2D eigenvalue weighted by Crippen LogP contribution is 2.73. The van der Waals surface area contributed by atoms with Gasteiger partial charge in [0.2, 0.25) is 25.4 Å². The summed E-state index contributed by atoms with van der Waals surface area (Å²) in [6, 6.07) is 4.76. The minimum Gasteiger partial charge on any atom is -0.497 e. The number of aromatic nitrogens is 2. The first-order valence-corrected chi connectivity index (χ1v) is 27.4. The molecule has 5 atom stereocenters. The molecule has 1 aliphatic heterocycles. The molecule has 23 heteroatoms. The van der Waals surface area contributed by atoms with Gasteiger partial charge in [-0.3, -0.25) is 23.2 Å². The molecule has 73 heavy (non-hydrogen) atoms. The van der Waals surface area contributed by atoms with Gasteiger partial charge in [-0.25, -0.2) is 24.4 Å². The van der Waals surface area contributed by atoms with Gasteiger partial charge in [-0.1, -0.05) is 26.8 Å². The molecule has 3 amide bonds. The van der Waals surface area contributed by atoms with E-state index in [1.165, 1.54) is 22.3 Å². The van der Waals surface area contributed by atoms with Gasteiger partial charge < -0.3 is 54.0 Å². The monoisotopic (exact) mass is 1050 g/mol. The lowest BCUT2D eigenvalue weighted by atomic mass is 9.85. The van der Waals surface area contributed by atoms with Gasteiger partial charge in [-0.2, -0.15) is 0 Å². The predicted octanol–water partition coefficient (Wildman–Crippen LogP) is 8.91. The number of nitrogens with zero attached hydrogens (tertiary/aromatic N) is 3. The number of amides is 3. The van der Waals surface area contributed by atoms with Crippen LogP contribution in [0.3, 0.4) is 0 Å². The molecule has 2 aromatic heterocycles. The molecule has 3 aromatic rings. The van der Waals surface area contributed by atoms with Gasteiger partial charge in [-0.15, -0.1) is 17.9 Å². The summed E-state index contributed by atoms with van der Waals surface area (Å²) in [6.45, 7) is 11.6. The van der Waals surface area contributed by atoms with Crippen molar-refractivity contribution < 1.29 is 70.7 Å². The highest BCUT2D eigenvalue weighted by Gasteiger charge is 2.69. The number of rotatable bonds is 23. The standard InChI is InChI=1S/C50H67N6O15PS/c1-8-32-22-50(32,72(62,68-27-66-47(60)64-24-30-13-14-30)69-28-67-48(61)65-25-31-15-16-31)55-43(57)40-20-35(23-56(40)44(58)42(49(4,5)6)54-46(59)71-33-11-9-10-12-33)70-41-21-38(39-26-73-45(53-39)51-29(2)3)52-37-19-34(63-7)17-18-36(37)41/h8,17-19,21,26,29-33,35,40,42H,1,9-16,20,22-25,27-28H2,2-7H3,(H,51,53)(H,54,59)(H,55,57)/t32-,35?,40?,42?,50+/m1/s1. The van der Waals surface area contributed by atoms with Crippen LogP contribution < -0.4 is 25.4 Å². The molecule has 0 spiro atoms. The maximum Gasteiger partial charge on any atom is 0.510 e. The van der Waals surface area contributed by atoms with Crippen molar-refractivity contribution in [3.63, 3.8) is 0 Å². The Kier molecular flexibility index (Phi) is 16.8. The number of ether oxygens (including phenoxy) is 7. The van der Waals surface area contributed by atoms with Crippen molar-refractivity contribution in [2.45, 2.75) is 134 Å². The van der Waals surface area contributed by atoms with Crippen molar-refractivity contribution in [2.75, 3.05) is 45.8 Å². The second-order valence-electron chi connectivity index (χ2n) is 20.7. The summed E-state index contributed by atoms with van der Waals surface area (Å²) in [5, 5.41) is 10.4. The molecule has 3 heterocycles. The Bertz CT molecular complexity index is 2520. The number of hydrogen-bond donors (Lipinski definition) is 3. The fraction of sp³-hybridized carbons (Fsp3) is 0.620. The van der Waals surface area contributed by atoms with Gasteiger partial charge in [0, 0.05) is 41.3 Å². The third kappa shape index (κ3) is 13.5. The Morgan fingerprint density at radius 3 is 2.14 bits per heavy atom. The molecular weight excluding hydrogens is 988 g/mol.